The number of amides is 3. The molecule has 2 N–H and O–H groups in total. The molecule has 3 rings (SSSR count). The molecule has 0 atom stereocenters. The molecular formula is C21H24N4O7. The van der Waals surface area contributed by atoms with Crippen LogP contribution in [0.3, 0.4) is 0 Å². The van der Waals surface area contributed by atoms with Crippen molar-refractivity contribution in [2.75, 3.05) is 40.0 Å². The Hall–Kier alpha value is -3.86. The van der Waals surface area contributed by atoms with E-state index < -0.39 is 11.8 Å². The van der Waals surface area contributed by atoms with Gasteiger partial charge in [-0.2, -0.15) is 5.10 Å². The number of benzene rings is 1. The summed E-state index contributed by atoms with van der Waals surface area (Å²) in [4.78, 5) is 37.4. The van der Waals surface area contributed by atoms with Gasteiger partial charge in [-0.25, -0.2) is 5.43 Å². The fourth-order valence-corrected chi connectivity index (χ4v) is 2.80. The maximum Gasteiger partial charge on any atom is 0.329 e. The molecule has 1 saturated heterocycles. The largest absolute Gasteiger partial charge is 0.493 e. The third-order valence-corrected chi connectivity index (χ3v) is 4.49. The highest BCUT2D eigenvalue weighted by Gasteiger charge is 2.18. The number of hydrogen-bond acceptors (Lipinski definition) is 8. The Morgan fingerprint density at radius 2 is 1.97 bits per heavy atom. The first-order valence-corrected chi connectivity index (χ1v) is 9.87. The Morgan fingerprint density at radius 3 is 2.69 bits per heavy atom. The molecule has 0 unspecified atom stereocenters. The van der Waals surface area contributed by atoms with Crippen molar-refractivity contribution in [2.45, 2.75) is 6.54 Å². The summed E-state index contributed by atoms with van der Waals surface area (Å²) in [6, 6.07) is 8.28. The topological polar surface area (TPSA) is 132 Å². The van der Waals surface area contributed by atoms with Gasteiger partial charge in [0.1, 0.15) is 5.76 Å². The zero-order valence-corrected chi connectivity index (χ0v) is 17.5. The fourth-order valence-electron chi connectivity index (χ4n) is 2.80. The number of carbonyl (C=O) groups is 3. The van der Waals surface area contributed by atoms with Gasteiger partial charge >= 0.3 is 11.8 Å². The number of hydrogen-bond donors (Lipinski definition) is 2. The van der Waals surface area contributed by atoms with Crippen molar-refractivity contribution in [3.05, 3.63) is 47.9 Å². The summed E-state index contributed by atoms with van der Waals surface area (Å²) in [5, 5.41) is 6.18. The van der Waals surface area contributed by atoms with Gasteiger partial charge in [0.15, 0.2) is 18.1 Å². The van der Waals surface area contributed by atoms with Crippen molar-refractivity contribution < 1.29 is 33.0 Å². The molecule has 0 aliphatic carbocycles. The van der Waals surface area contributed by atoms with Crippen molar-refractivity contribution in [1.29, 1.82) is 0 Å². The van der Waals surface area contributed by atoms with E-state index in [1.165, 1.54) is 19.6 Å². The van der Waals surface area contributed by atoms with E-state index in [1.807, 2.05) is 0 Å². The molecule has 0 radical (unpaired) electrons. The van der Waals surface area contributed by atoms with Crippen molar-refractivity contribution >= 4 is 23.9 Å². The maximum atomic E-state index is 12.2. The summed E-state index contributed by atoms with van der Waals surface area (Å²) in [6.45, 7) is 2.10. The number of rotatable bonds is 8. The smallest absolute Gasteiger partial charge is 0.329 e. The van der Waals surface area contributed by atoms with Gasteiger partial charge in [-0.05, 0) is 35.9 Å². The van der Waals surface area contributed by atoms with Crippen LogP contribution in [0.15, 0.2) is 46.1 Å². The number of morpholine rings is 1. The molecule has 0 saturated carbocycles. The lowest BCUT2D eigenvalue weighted by molar-refractivity contribution is -0.139. The summed E-state index contributed by atoms with van der Waals surface area (Å²) in [5.41, 5.74) is 2.73. The summed E-state index contributed by atoms with van der Waals surface area (Å²) < 4.78 is 21.2. The van der Waals surface area contributed by atoms with Gasteiger partial charge in [-0.15, -0.1) is 0 Å². The molecule has 2 aromatic rings. The van der Waals surface area contributed by atoms with Crippen LogP contribution in [0.1, 0.15) is 11.3 Å². The number of hydrazone groups is 1. The Labute approximate surface area is 184 Å². The molecule has 0 bridgehead atoms. The lowest BCUT2D eigenvalue weighted by atomic mass is 10.2. The SMILES string of the molecule is COc1cc(/C=N/NC(=O)C(=O)NCc2ccco2)ccc1OCC(=O)N1CCOCC1. The third kappa shape index (κ3) is 6.57. The molecule has 11 nitrogen and oxygen atoms in total. The number of ether oxygens (including phenoxy) is 3. The van der Waals surface area contributed by atoms with E-state index in [0.29, 0.717) is 49.1 Å². The highest BCUT2D eigenvalue weighted by atomic mass is 16.5. The lowest BCUT2D eigenvalue weighted by Gasteiger charge is -2.26. The molecule has 1 aliphatic rings. The van der Waals surface area contributed by atoms with E-state index in [9.17, 15) is 14.4 Å². The van der Waals surface area contributed by atoms with Gasteiger partial charge < -0.3 is 28.8 Å². The van der Waals surface area contributed by atoms with E-state index in [0.717, 1.165) is 0 Å². The number of carbonyl (C=O) groups excluding carboxylic acids is 3. The number of nitrogens with one attached hydrogen (secondary N) is 2. The van der Waals surface area contributed by atoms with Crippen LogP contribution in [0.2, 0.25) is 0 Å². The van der Waals surface area contributed by atoms with E-state index in [1.54, 1.807) is 35.2 Å². The van der Waals surface area contributed by atoms with Crippen LogP contribution in [0, 0.1) is 0 Å². The predicted molar refractivity (Wildman–Crippen MR) is 112 cm³/mol. The molecule has 0 spiro atoms. The van der Waals surface area contributed by atoms with Gasteiger partial charge in [-0.3, -0.25) is 14.4 Å². The first-order valence-electron chi connectivity index (χ1n) is 9.87. The van der Waals surface area contributed by atoms with Gasteiger partial charge in [0.2, 0.25) is 0 Å². The number of furan rings is 1. The standard InChI is InChI=1S/C21H24N4O7/c1-29-18-11-15(4-5-17(18)32-14-19(26)25-6-9-30-10-7-25)12-23-24-21(28)20(27)22-13-16-3-2-8-31-16/h2-5,8,11-12H,6-7,9-10,13-14H2,1H3,(H,22,27)(H,24,28)/b23-12+. The first-order chi connectivity index (χ1) is 15.6. The molecule has 1 fully saturated rings. The second kappa shape index (κ2) is 11.5. The minimum absolute atomic E-state index is 0.0929. The zero-order chi connectivity index (χ0) is 22.8. The highest BCUT2D eigenvalue weighted by molar-refractivity contribution is 6.35. The van der Waals surface area contributed by atoms with Crippen LogP contribution in [0.5, 0.6) is 11.5 Å². The van der Waals surface area contributed by atoms with Crippen LogP contribution in [-0.2, 0) is 25.7 Å². The average Bonchev–Trinajstić information content (AvgIpc) is 3.35. The average molecular weight is 444 g/mol. The quantitative estimate of drug-likeness (QED) is 0.340. The molecule has 32 heavy (non-hydrogen) atoms. The summed E-state index contributed by atoms with van der Waals surface area (Å²) in [6.07, 6.45) is 2.82. The van der Waals surface area contributed by atoms with Crippen LogP contribution < -0.4 is 20.2 Å². The van der Waals surface area contributed by atoms with Gasteiger partial charge in [0.05, 0.1) is 39.3 Å². The lowest BCUT2D eigenvalue weighted by Crippen LogP contribution is -2.43. The Morgan fingerprint density at radius 1 is 1.16 bits per heavy atom. The van der Waals surface area contributed by atoms with Crippen LogP contribution in [0.4, 0.5) is 0 Å². The van der Waals surface area contributed by atoms with E-state index >= 15 is 0 Å². The van der Waals surface area contributed by atoms with Crippen molar-refractivity contribution in [3.63, 3.8) is 0 Å². The van der Waals surface area contributed by atoms with E-state index in [4.69, 9.17) is 18.6 Å². The van der Waals surface area contributed by atoms with Gasteiger partial charge in [-0.1, -0.05) is 0 Å². The summed E-state index contributed by atoms with van der Waals surface area (Å²) in [5.74, 6) is -0.574. The molecule has 3 amide bonds. The van der Waals surface area contributed by atoms with Crippen LogP contribution in [0.25, 0.3) is 0 Å². The Bertz CT molecular complexity index is 953. The summed E-state index contributed by atoms with van der Waals surface area (Å²) >= 11 is 0. The maximum absolute atomic E-state index is 12.2. The summed E-state index contributed by atoms with van der Waals surface area (Å²) in [7, 11) is 1.47. The monoisotopic (exact) mass is 444 g/mol. The molecule has 2 heterocycles. The van der Waals surface area contributed by atoms with Crippen molar-refractivity contribution in [2.24, 2.45) is 5.10 Å². The third-order valence-electron chi connectivity index (χ3n) is 4.49. The van der Waals surface area contributed by atoms with Crippen molar-refractivity contribution in [3.8, 4) is 11.5 Å². The second-order valence-corrected chi connectivity index (χ2v) is 6.65. The number of methoxy groups -OCH3 is 1. The molecule has 1 aromatic heterocycles. The van der Waals surface area contributed by atoms with E-state index in [2.05, 4.69) is 15.8 Å². The van der Waals surface area contributed by atoms with Crippen LogP contribution >= 0.6 is 0 Å². The molecule has 1 aromatic carbocycles. The van der Waals surface area contributed by atoms with Gasteiger partial charge in [0, 0.05) is 13.1 Å². The molecule has 170 valence electrons. The fraction of sp³-hybridized carbons (Fsp3) is 0.333. The minimum atomic E-state index is -0.915. The number of nitrogens with zero attached hydrogens (tertiary/aromatic N) is 2. The molecule has 11 heteroatoms. The minimum Gasteiger partial charge on any atom is -0.493 e. The molecule has 1 aliphatic heterocycles. The van der Waals surface area contributed by atoms with Crippen LogP contribution in [-0.4, -0.2) is 68.9 Å². The Balaban J connectivity index is 1.48. The molecular weight excluding hydrogens is 420 g/mol. The second-order valence-electron chi connectivity index (χ2n) is 6.65. The zero-order valence-electron chi connectivity index (χ0n) is 17.5. The Kier molecular flexibility index (Phi) is 8.21. The van der Waals surface area contributed by atoms with Crippen molar-refractivity contribution in [1.82, 2.24) is 15.6 Å². The predicted octanol–water partition coefficient (Wildman–Crippen LogP) is 0.292. The van der Waals surface area contributed by atoms with Gasteiger partial charge in [0.25, 0.3) is 5.91 Å². The highest BCUT2D eigenvalue weighted by Crippen LogP contribution is 2.27. The normalized spacial score (nSPS) is 13.6. The first kappa shape index (κ1) is 22.8. The van der Waals surface area contributed by atoms with E-state index in [-0.39, 0.29) is 19.1 Å².